The summed E-state index contributed by atoms with van der Waals surface area (Å²) in [6.07, 6.45) is 3.46. The van der Waals surface area contributed by atoms with Crippen LogP contribution in [0.15, 0.2) is 17.2 Å². The van der Waals surface area contributed by atoms with Gasteiger partial charge in [0.05, 0.1) is 17.6 Å². The summed E-state index contributed by atoms with van der Waals surface area (Å²) in [5, 5.41) is 8.72. The van der Waals surface area contributed by atoms with Crippen molar-refractivity contribution in [2.45, 2.75) is 4.90 Å². The van der Waals surface area contributed by atoms with Crippen LogP contribution in [0.1, 0.15) is 5.56 Å². The molecule has 0 radical (unpaired) electrons. The third-order valence-electron chi connectivity index (χ3n) is 1.39. The maximum absolute atomic E-state index is 8.72. The highest BCUT2D eigenvalue weighted by atomic mass is 32.2. The number of hydrogen-bond donors (Lipinski definition) is 0. The second kappa shape index (κ2) is 3.98. The van der Waals surface area contributed by atoms with Crippen LogP contribution in [-0.2, 0) is 0 Å². The number of nitriles is 1. The van der Waals surface area contributed by atoms with E-state index in [0.29, 0.717) is 11.4 Å². The van der Waals surface area contributed by atoms with E-state index in [2.05, 4.69) is 11.1 Å². The molecule has 0 aliphatic rings. The van der Waals surface area contributed by atoms with E-state index in [9.17, 15) is 0 Å². The number of nitrogens with zero attached hydrogens (tertiary/aromatic N) is 2. The molecule has 1 rings (SSSR count). The maximum atomic E-state index is 8.72. The molecule has 0 bridgehead atoms. The first-order chi connectivity index (χ1) is 5.83. The molecular weight excluding hydrogens is 172 g/mol. The van der Waals surface area contributed by atoms with E-state index in [1.165, 1.54) is 11.8 Å². The molecule has 0 aliphatic carbocycles. The average molecular weight is 180 g/mol. The number of thioether (sulfide) groups is 1. The van der Waals surface area contributed by atoms with Gasteiger partial charge in [0, 0.05) is 6.20 Å². The number of pyridine rings is 1. The first-order valence-corrected chi connectivity index (χ1v) is 4.53. The summed E-state index contributed by atoms with van der Waals surface area (Å²) in [5.41, 5.74) is 0.606. The number of hydrogen-bond acceptors (Lipinski definition) is 4. The fourth-order valence-corrected chi connectivity index (χ4v) is 1.50. The van der Waals surface area contributed by atoms with Gasteiger partial charge in [0.2, 0.25) is 5.88 Å². The highest BCUT2D eigenvalue weighted by Gasteiger charge is 2.07. The predicted octanol–water partition coefficient (Wildman–Crippen LogP) is 1.68. The van der Waals surface area contributed by atoms with Gasteiger partial charge in [0.25, 0.3) is 0 Å². The van der Waals surface area contributed by atoms with Gasteiger partial charge in [-0.05, 0) is 12.3 Å². The lowest BCUT2D eigenvalue weighted by atomic mass is 10.3. The normalized spacial score (nSPS) is 9.08. The van der Waals surface area contributed by atoms with Gasteiger partial charge in [-0.3, -0.25) is 0 Å². The summed E-state index contributed by atoms with van der Waals surface area (Å²) >= 11 is 1.46. The summed E-state index contributed by atoms with van der Waals surface area (Å²) < 4.78 is 5.00. The lowest BCUT2D eigenvalue weighted by Crippen LogP contribution is -1.92. The van der Waals surface area contributed by atoms with Crippen LogP contribution in [0.3, 0.4) is 0 Å². The number of rotatable bonds is 2. The van der Waals surface area contributed by atoms with E-state index in [1.807, 2.05) is 6.26 Å². The Kier molecular flexibility index (Phi) is 2.94. The van der Waals surface area contributed by atoms with Crippen molar-refractivity contribution in [3.8, 4) is 11.9 Å². The van der Waals surface area contributed by atoms with Gasteiger partial charge in [-0.15, -0.1) is 11.8 Å². The molecule has 1 heterocycles. The second-order valence-corrected chi connectivity index (χ2v) is 2.83. The zero-order valence-corrected chi connectivity index (χ0v) is 7.68. The van der Waals surface area contributed by atoms with Gasteiger partial charge in [0.1, 0.15) is 6.07 Å². The minimum absolute atomic E-state index is 0.515. The van der Waals surface area contributed by atoms with E-state index in [0.717, 1.165) is 4.90 Å². The number of aromatic nitrogens is 1. The molecule has 0 saturated carbocycles. The van der Waals surface area contributed by atoms with Gasteiger partial charge < -0.3 is 4.74 Å². The van der Waals surface area contributed by atoms with Crippen LogP contribution in [0.25, 0.3) is 0 Å². The summed E-state index contributed by atoms with van der Waals surface area (Å²) in [6, 6.07) is 3.76. The van der Waals surface area contributed by atoms with Crippen molar-refractivity contribution in [3.63, 3.8) is 0 Å². The highest BCUT2D eigenvalue weighted by molar-refractivity contribution is 7.98. The molecule has 4 heteroatoms. The van der Waals surface area contributed by atoms with Crippen LogP contribution >= 0.6 is 11.8 Å². The average Bonchev–Trinajstić information content (AvgIpc) is 2.16. The van der Waals surface area contributed by atoms with Crippen molar-refractivity contribution >= 4 is 11.8 Å². The molecular formula is C8H8N2OS. The second-order valence-electron chi connectivity index (χ2n) is 2.01. The zero-order valence-electron chi connectivity index (χ0n) is 6.87. The SMILES string of the molecule is COc1nccc(C#N)c1SC. The molecule has 12 heavy (non-hydrogen) atoms. The van der Waals surface area contributed by atoms with E-state index in [-0.39, 0.29) is 0 Å². The zero-order chi connectivity index (χ0) is 8.97. The van der Waals surface area contributed by atoms with Crippen molar-refractivity contribution in [2.24, 2.45) is 0 Å². The van der Waals surface area contributed by atoms with Gasteiger partial charge in [-0.25, -0.2) is 4.98 Å². The third kappa shape index (κ3) is 1.51. The quantitative estimate of drug-likeness (QED) is 0.650. The molecule has 1 aromatic heterocycles. The fraction of sp³-hybridized carbons (Fsp3) is 0.250. The van der Waals surface area contributed by atoms with Crippen LogP contribution in [0.5, 0.6) is 5.88 Å². The first kappa shape index (κ1) is 8.88. The van der Waals surface area contributed by atoms with E-state index >= 15 is 0 Å². The molecule has 1 aromatic rings. The smallest absolute Gasteiger partial charge is 0.228 e. The predicted molar refractivity (Wildman–Crippen MR) is 47.3 cm³/mol. The van der Waals surface area contributed by atoms with Crippen molar-refractivity contribution in [1.82, 2.24) is 4.98 Å². The molecule has 0 unspecified atom stereocenters. The Balaban J connectivity index is 3.24. The van der Waals surface area contributed by atoms with Gasteiger partial charge in [-0.2, -0.15) is 5.26 Å². The Labute approximate surface area is 75.4 Å². The summed E-state index contributed by atoms with van der Waals surface area (Å²) in [6.45, 7) is 0. The Hall–Kier alpha value is -1.21. The van der Waals surface area contributed by atoms with E-state index in [4.69, 9.17) is 10.00 Å². The van der Waals surface area contributed by atoms with E-state index < -0.39 is 0 Å². The molecule has 0 aromatic carbocycles. The molecule has 0 fully saturated rings. The first-order valence-electron chi connectivity index (χ1n) is 3.30. The summed E-state index contributed by atoms with van der Waals surface area (Å²) in [5.74, 6) is 0.515. The van der Waals surface area contributed by atoms with Crippen molar-refractivity contribution in [3.05, 3.63) is 17.8 Å². The molecule has 3 nitrogen and oxygen atoms in total. The number of methoxy groups -OCH3 is 1. The number of ether oxygens (including phenoxy) is 1. The molecule has 0 atom stereocenters. The fourth-order valence-electron chi connectivity index (χ4n) is 0.860. The monoisotopic (exact) mass is 180 g/mol. The Morgan fingerprint density at radius 3 is 2.92 bits per heavy atom. The van der Waals surface area contributed by atoms with Crippen LogP contribution in [0, 0.1) is 11.3 Å². The molecule has 0 amide bonds. The van der Waals surface area contributed by atoms with Crippen molar-refractivity contribution in [1.29, 1.82) is 5.26 Å². The minimum Gasteiger partial charge on any atom is -0.480 e. The van der Waals surface area contributed by atoms with E-state index in [1.54, 1.807) is 19.4 Å². The summed E-state index contributed by atoms with van der Waals surface area (Å²) in [7, 11) is 1.54. The van der Waals surface area contributed by atoms with Crippen LogP contribution < -0.4 is 4.74 Å². The molecule has 0 spiro atoms. The lowest BCUT2D eigenvalue weighted by Gasteiger charge is -2.04. The molecule has 0 aliphatic heterocycles. The standard InChI is InChI=1S/C8H8N2OS/c1-11-8-7(12-2)6(5-9)3-4-10-8/h3-4H,1-2H3. The van der Waals surface area contributed by atoms with Crippen molar-refractivity contribution < 1.29 is 4.74 Å². The van der Waals surface area contributed by atoms with Crippen LogP contribution in [0.4, 0.5) is 0 Å². The highest BCUT2D eigenvalue weighted by Crippen LogP contribution is 2.27. The minimum atomic E-state index is 0.515. The topological polar surface area (TPSA) is 45.9 Å². The van der Waals surface area contributed by atoms with Crippen LogP contribution in [-0.4, -0.2) is 18.3 Å². The Bertz CT molecular complexity index is 319. The Morgan fingerprint density at radius 1 is 1.67 bits per heavy atom. The van der Waals surface area contributed by atoms with Crippen LogP contribution in [0.2, 0.25) is 0 Å². The Morgan fingerprint density at radius 2 is 2.42 bits per heavy atom. The largest absolute Gasteiger partial charge is 0.480 e. The van der Waals surface area contributed by atoms with Gasteiger partial charge in [0.15, 0.2) is 0 Å². The maximum Gasteiger partial charge on any atom is 0.228 e. The lowest BCUT2D eigenvalue weighted by molar-refractivity contribution is 0.387. The molecule has 0 saturated heterocycles. The molecule has 62 valence electrons. The molecule has 0 N–H and O–H groups in total. The third-order valence-corrected chi connectivity index (χ3v) is 2.19. The van der Waals surface area contributed by atoms with Gasteiger partial charge in [-0.1, -0.05) is 0 Å². The van der Waals surface area contributed by atoms with Crippen molar-refractivity contribution in [2.75, 3.05) is 13.4 Å². The van der Waals surface area contributed by atoms with Gasteiger partial charge >= 0.3 is 0 Å². The summed E-state index contributed by atoms with van der Waals surface area (Å²) in [4.78, 5) is 4.78.